The third-order valence-electron chi connectivity index (χ3n) is 5.04. The topological polar surface area (TPSA) is 28.2 Å². The van der Waals surface area contributed by atoms with Crippen LogP contribution in [-0.4, -0.2) is 18.1 Å². The molecule has 1 aliphatic heterocycles. The summed E-state index contributed by atoms with van der Waals surface area (Å²) in [6.07, 6.45) is 3.88. The van der Waals surface area contributed by atoms with Crippen LogP contribution in [0.1, 0.15) is 69.9 Å². The lowest BCUT2D eigenvalue weighted by atomic mass is 9.92. The van der Waals surface area contributed by atoms with Crippen molar-refractivity contribution in [2.75, 3.05) is 23.3 Å². The van der Waals surface area contributed by atoms with E-state index in [0.29, 0.717) is 11.8 Å². The highest BCUT2D eigenvalue weighted by Crippen LogP contribution is 2.34. The van der Waals surface area contributed by atoms with Gasteiger partial charge in [0.25, 0.3) is 0 Å². The molecule has 2 aromatic rings. The van der Waals surface area contributed by atoms with Crippen LogP contribution >= 0.6 is 0 Å². The van der Waals surface area contributed by atoms with E-state index < -0.39 is 0 Å². The normalized spacial score (nSPS) is 15.0. The molecule has 3 heteroatoms. The summed E-state index contributed by atoms with van der Waals surface area (Å²) in [5, 5.41) is 3.65. The third-order valence-corrected chi connectivity index (χ3v) is 5.04. The Morgan fingerprint density at radius 3 is 2.04 bits per heavy atom. The number of nitrogens with zero attached hydrogens (tertiary/aromatic N) is 2. The smallest absolute Gasteiger partial charge is 0.132 e. The van der Waals surface area contributed by atoms with E-state index in [0.717, 1.165) is 24.7 Å². The van der Waals surface area contributed by atoms with Gasteiger partial charge in [-0.25, -0.2) is 4.98 Å². The number of benzene rings is 1. The Morgan fingerprint density at radius 1 is 0.840 bits per heavy atom. The first-order valence-electron chi connectivity index (χ1n) is 9.68. The van der Waals surface area contributed by atoms with Crippen LogP contribution in [0.2, 0.25) is 0 Å². The van der Waals surface area contributed by atoms with Gasteiger partial charge in [0.05, 0.1) is 0 Å². The highest BCUT2D eigenvalue weighted by Gasteiger charge is 2.16. The molecule has 0 amide bonds. The zero-order valence-electron chi connectivity index (χ0n) is 16.0. The number of pyridine rings is 1. The van der Waals surface area contributed by atoms with Crippen LogP contribution in [-0.2, 0) is 0 Å². The Labute approximate surface area is 152 Å². The van der Waals surface area contributed by atoms with Gasteiger partial charge in [-0.15, -0.1) is 0 Å². The summed E-state index contributed by atoms with van der Waals surface area (Å²) in [5.74, 6) is 2.99. The van der Waals surface area contributed by atoms with Crippen LogP contribution in [0.25, 0.3) is 0 Å². The van der Waals surface area contributed by atoms with Gasteiger partial charge in [-0.05, 0) is 54.4 Å². The van der Waals surface area contributed by atoms with Gasteiger partial charge in [-0.1, -0.05) is 52.0 Å². The molecule has 3 nitrogen and oxygen atoms in total. The summed E-state index contributed by atoms with van der Waals surface area (Å²) >= 11 is 0. The number of aromatic nitrogens is 1. The van der Waals surface area contributed by atoms with Crippen molar-refractivity contribution in [2.24, 2.45) is 0 Å². The molecule has 134 valence electrons. The van der Waals surface area contributed by atoms with Gasteiger partial charge in [0.1, 0.15) is 11.6 Å². The minimum atomic E-state index is 0.478. The minimum Gasteiger partial charge on any atom is -0.357 e. The fourth-order valence-corrected chi connectivity index (χ4v) is 3.62. The molecule has 0 spiro atoms. The summed E-state index contributed by atoms with van der Waals surface area (Å²) in [6.45, 7) is 11.3. The zero-order chi connectivity index (χ0) is 17.8. The molecule has 0 unspecified atom stereocenters. The van der Waals surface area contributed by atoms with Gasteiger partial charge in [0, 0.05) is 18.8 Å². The van der Waals surface area contributed by atoms with Crippen molar-refractivity contribution in [3.63, 3.8) is 0 Å². The molecular weight excluding hydrogens is 306 g/mol. The van der Waals surface area contributed by atoms with Crippen LogP contribution in [0.4, 0.5) is 17.3 Å². The minimum absolute atomic E-state index is 0.478. The van der Waals surface area contributed by atoms with Crippen molar-refractivity contribution in [2.45, 2.75) is 58.8 Å². The molecule has 1 aromatic heterocycles. The van der Waals surface area contributed by atoms with Crippen molar-refractivity contribution in [3.8, 4) is 0 Å². The van der Waals surface area contributed by atoms with Gasteiger partial charge < -0.3 is 10.2 Å². The first-order chi connectivity index (χ1) is 12.1. The second-order valence-corrected chi connectivity index (χ2v) is 7.67. The molecule has 1 fully saturated rings. The number of hydrogen-bond acceptors (Lipinski definition) is 3. The Balaban J connectivity index is 1.92. The Kier molecular flexibility index (Phi) is 5.62. The van der Waals surface area contributed by atoms with Gasteiger partial charge in [-0.3, -0.25) is 0 Å². The van der Waals surface area contributed by atoms with Gasteiger partial charge in [0.15, 0.2) is 0 Å². The van der Waals surface area contributed by atoms with Gasteiger partial charge in [0.2, 0.25) is 0 Å². The molecule has 0 radical (unpaired) electrons. The average molecular weight is 338 g/mol. The van der Waals surface area contributed by atoms with E-state index in [1.165, 1.54) is 36.1 Å². The maximum atomic E-state index is 4.91. The van der Waals surface area contributed by atoms with Crippen molar-refractivity contribution in [1.82, 2.24) is 4.98 Å². The summed E-state index contributed by atoms with van der Waals surface area (Å²) in [5.41, 5.74) is 3.95. The highest BCUT2D eigenvalue weighted by molar-refractivity contribution is 5.67. The van der Waals surface area contributed by atoms with E-state index in [4.69, 9.17) is 4.98 Å². The molecule has 1 N–H and O–H groups in total. The van der Waals surface area contributed by atoms with Crippen molar-refractivity contribution < 1.29 is 0 Å². The Bertz CT molecular complexity index is 674. The summed E-state index contributed by atoms with van der Waals surface area (Å²) in [7, 11) is 0. The fourth-order valence-electron chi connectivity index (χ4n) is 3.62. The number of para-hydroxylation sites is 1. The Morgan fingerprint density at radius 2 is 1.44 bits per heavy atom. The van der Waals surface area contributed by atoms with Crippen molar-refractivity contribution in [3.05, 3.63) is 47.5 Å². The molecule has 1 aromatic carbocycles. The SMILES string of the molecule is CC(C)c1cccc(C(C)C)c1Nc1cccc(N2CCCCC2)n1. The monoisotopic (exact) mass is 337 g/mol. The van der Waals surface area contributed by atoms with Crippen LogP contribution in [0.5, 0.6) is 0 Å². The maximum absolute atomic E-state index is 4.91. The summed E-state index contributed by atoms with van der Waals surface area (Å²) < 4.78 is 0. The van der Waals surface area contributed by atoms with E-state index in [2.05, 4.69) is 74.3 Å². The molecule has 25 heavy (non-hydrogen) atoms. The number of hydrogen-bond donors (Lipinski definition) is 1. The number of anilines is 3. The quantitative estimate of drug-likeness (QED) is 0.718. The summed E-state index contributed by atoms with van der Waals surface area (Å²) in [6, 6.07) is 13.0. The van der Waals surface area contributed by atoms with Crippen molar-refractivity contribution >= 4 is 17.3 Å². The lowest BCUT2D eigenvalue weighted by molar-refractivity contribution is 0.573. The van der Waals surface area contributed by atoms with E-state index in [1.807, 2.05) is 0 Å². The van der Waals surface area contributed by atoms with E-state index in [9.17, 15) is 0 Å². The van der Waals surface area contributed by atoms with E-state index in [1.54, 1.807) is 0 Å². The first kappa shape index (κ1) is 17.8. The lowest BCUT2D eigenvalue weighted by Crippen LogP contribution is -2.30. The Hall–Kier alpha value is -2.03. The van der Waals surface area contributed by atoms with Crippen molar-refractivity contribution in [1.29, 1.82) is 0 Å². The molecule has 0 bridgehead atoms. The standard InChI is InChI=1S/C22H31N3/c1-16(2)18-10-8-11-19(17(3)4)22(18)24-20-12-9-13-21(23-20)25-14-6-5-7-15-25/h8-13,16-17H,5-7,14-15H2,1-4H3,(H,23,24). The van der Waals surface area contributed by atoms with Crippen LogP contribution in [0.15, 0.2) is 36.4 Å². The molecule has 2 heterocycles. The average Bonchev–Trinajstić information content (AvgIpc) is 2.62. The molecule has 3 rings (SSSR count). The highest BCUT2D eigenvalue weighted by atomic mass is 15.2. The number of piperidine rings is 1. The van der Waals surface area contributed by atoms with E-state index in [-0.39, 0.29) is 0 Å². The molecule has 0 atom stereocenters. The molecular formula is C22H31N3. The largest absolute Gasteiger partial charge is 0.357 e. The molecule has 1 saturated heterocycles. The lowest BCUT2D eigenvalue weighted by Gasteiger charge is -2.28. The van der Waals surface area contributed by atoms with Gasteiger partial charge >= 0.3 is 0 Å². The van der Waals surface area contributed by atoms with Gasteiger partial charge in [-0.2, -0.15) is 0 Å². The molecule has 0 saturated carbocycles. The first-order valence-corrected chi connectivity index (χ1v) is 9.68. The van der Waals surface area contributed by atoms with Crippen LogP contribution in [0, 0.1) is 0 Å². The predicted molar refractivity (Wildman–Crippen MR) is 108 cm³/mol. The predicted octanol–water partition coefficient (Wildman–Crippen LogP) is 6.06. The number of nitrogens with one attached hydrogen (secondary N) is 1. The summed E-state index contributed by atoms with van der Waals surface area (Å²) in [4.78, 5) is 7.32. The van der Waals surface area contributed by atoms with E-state index >= 15 is 0 Å². The third kappa shape index (κ3) is 4.15. The van der Waals surface area contributed by atoms with Crippen LogP contribution < -0.4 is 10.2 Å². The molecule has 1 aliphatic rings. The zero-order valence-corrected chi connectivity index (χ0v) is 16.0. The number of rotatable bonds is 5. The second-order valence-electron chi connectivity index (χ2n) is 7.67. The second kappa shape index (κ2) is 7.90. The fraction of sp³-hybridized carbons (Fsp3) is 0.500. The maximum Gasteiger partial charge on any atom is 0.132 e. The molecule has 0 aliphatic carbocycles. The van der Waals surface area contributed by atoms with Crippen LogP contribution in [0.3, 0.4) is 0 Å².